The molecule has 0 atom stereocenters. The van der Waals surface area contributed by atoms with Crippen LogP contribution in [0.1, 0.15) is 23.0 Å². The van der Waals surface area contributed by atoms with Crippen molar-refractivity contribution in [3.63, 3.8) is 0 Å². The SMILES string of the molecule is CCOC(=O)c1cc(-c2cc(F)cc(C#N)c2)n(-c2ccc(F)c(Cl)c2)n1. The fraction of sp³-hybridized carbons (Fsp3) is 0.105. The summed E-state index contributed by atoms with van der Waals surface area (Å²) in [4.78, 5) is 12.1. The van der Waals surface area contributed by atoms with Gasteiger partial charge in [-0.3, -0.25) is 0 Å². The summed E-state index contributed by atoms with van der Waals surface area (Å²) in [6.07, 6.45) is 0. The zero-order valence-corrected chi connectivity index (χ0v) is 14.8. The topological polar surface area (TPSA) is 67.9 Å². The van der Waals surface area contributed by atoms with Gasteiger partial charge < -0.3 is 4.74 Å². The molecule has 0 amide bonds. The fourth-order valence-electron chi connectivity index (χ4n) is 2.51. The minimum Gasteiger partial charge on any atom is -0.461 e. The van der Waals surface area contributed by atoms with Crippen molar-refractivity contribution in [3.8, 4) is 23.0 Å². The highest BCUT2D eigenvalue weighted by Crippen LogP contribution is 2.28. The summed E-state index contributed by atoms with van der Waals surface area (Å²) in [5, 5.41) is 13.1. The normalized spacial score (nSPS) is 10.5. The highest BCUT2D eigenvalue weighted by molar-refractivity contribution is 6.30. The number of esters is 1. The highest BCUT2D eigenvalue weighted by Gasteiger charge is 2.19. The molecule has 1 aromatic heterocycles. The molecule has 8 heteroatoms. The van der Waals surface area contributed by atoms with Crippen molar-refractivity contribution in [1.82, 2.24) is 9.78 Å². The third-order valence-electron chi connectivity index (χ3n) is 3.66. The predicted molar refractivity (Wildman–Crippen MR) is 94.6 cm³/mol. The third-order valence-corrected chi connectivity index (χ3v) is 3.95. The van der Waals surface area contributed by atoms with Crippen LogP contribution in [0.15, 0.2) is 42.5 Å². The van der Waals surface area contributed by atoms with Crippen LogP contribution >= 0.6 is 11.6 Å². The van der Waals surface area contributed by atoms with Gasteiger partial charge in [0.15, 0.2) is 5.69 Å². The van der Waals surface area contributed by atoms with Gasteiger partial charge in [0.1, 0.15) is 11.6 Å². The van der Waals surface area contributed by atoms with E-state index in [0.717, 1.165) is 12.1 Å². The van der Waals surface area contributed by atoms with Crippen LogP contribution in [0.3, 0.4) is 0 Å². The largest absolute Gasteiger partial charge is 0.461 e. The molecular weight excluding hydrogens is 376 g/mol. The molecule has 0 aliphatic heterocycles. The number of halogens is 3. The molecule has 0 N–H and O–H groups in total. The Morgan fingerprint density at radius 2 is 2.04 bits per heavy atom. The number of nitrogens with zero attached hydrogens (tertiary/aromatic N) is 3. The molecule has 27 heavy (non-hydrogen) atoms. The number of nitriles is 1. The lowest BCUT2D eigenvalue weighted by Gasteiger charge is -2.09. The second-order valence-electron chi connectivity index (χ2n) is 5.49. The number of benzene rings is 2. The quantitative estimate of drug-likeness (QED) is 0.617. The molecule has 2 aromatic carbocycles. The average Bonchev–Trinajstić information content (AvgIpc) is 3.09. The van der Waals surface area contributed by atoms with E-state index in [-0.39, 0.29) is 22.9 Å². The summed E-state index contributed by atoms with van der Waals surface area (Å²) in [6.45, 7) is 1.81. The molecule has 0 saturated heterocycles. The average molecular weight is 388 g/mol. The molecule has 0 bridgehead atoms. The van der Waals surface area contributed by atoms with E-state index in [4.69, 9.17) is 21.6 Å². The van der Waals surface area contributed by atoms with E-state index in [1.165, 1.54) is 35.0 Å². The molecule has 3 rings (SSSR count). The van der Waals surface area contributed by atoms with Gasteiger partial charge in [-0.1, -0.05) is 11.6 Å². The third kappa shape index (κ3) is 3.81. The van der Waals surface area contributed by atoms with Gasteiger partial charge in [0.25, 0.3) is 0 Å². The number of hydrogen-bond acceptors (Lipinski definition) is 4. The second-order valence-corrected chi connectivity index (χ2v) is 5.89. The van der Waals surface area contributed by atoms with Gasteiger partial charge in [0, 0.05) is 5.56 Å². The van der Waals surface area contributed by atoms with Gasteiger partial charge in [0.2, 0.25) is 0 Å². The molecule has 1 heterocycles. The standard InChI is InChI=1S/C19H12ClF2N3O2/c1-2-27-19(26)17-9-18(12-5-11(10-23)6-13(21)7-12)25(24-17)14-3-4-16(22)15(20)8-14/h3-9H,2H2,1H3. The molecule has 0 fully saturated rings. The van der Waals surface area contributed by atoms with Gasteiger partial charge in [-0.2, -0.15) is 10.4 Å². The monoisotopic (exact) mass is 387 g/mol. The Morgan fingerprint density at radius 1 is 1.26 bits per heavy atom. The Kier molecular flexibility index (Phi) is 5.19. The minimum absolute atomic E-state index is 0.0185. The Bertz CT molecular complexity index is 1070. The van der Waals surface area contributed by atoms with Crippen molar-refractivity contribution in [2.75, 3.05) is 6.61 Å². The Morgan fingerprint density at radius 3 is 2.70 bits per heavy atom. The smallest absolute Gasteiger partial charge is 0.358 e. The lowest BCUT2D eigenvalue weighted by molar-refractivity contribution is 0.0519. The lowest BCUT2D eigenvalue weighted by atomic mass is 10.1. The van der Waals surface area contributed by atoms with E-state index >= 15 is 0 Å². The van der Waals surface area contributed by atoms with E-state index in [2.05, 4.69) is 5.10 Å². The summed E-state index contributed by atoms with van der Waals surface area (Å²) >= 11 is 5.84. The van der Waals surface area contributed by atoms with Crippen LogP contribution in [0.25, 0.3) is 16.9 Å². The Balaban J connectivity index is 2.22. The lowest BCUT2D eigenvalue weighted by Crippen LogP contribution is -2.07. The predicted octanol–water partition coefficient (Wildman–Crippen LogP) is 4.52. The van der Waals surface area contributed by atoms with Gasteiger partial charge in [-0.15, -0.1) is 0 Å². The van der Waals surface area contributed by atoms with Crippen LogP contribution in [0.4, 0.5) is 8.78 Å². The first-order valence-electron chi connectivity index (χ1n) is 7.86. The summed E-state index contributed by atoms with van der Waals surface area (Å²) < 4.78 is 33.7. The van der Waals surface area contributed by atoms with Crippen LogP contribution in [0, 0.1) is 23.0 Å². The van der Waals surface area contributed by atoms with E-state index in [0.29, 0.717) is 16.9 Å². The van der Waals surface area contributed by atoms with Crippen molar-refractivity contribution in [2.24, 2.45) is 0 Å². The van der Waals surface area contributed by atoms with Gasteiger partial charge in [-0.05, 0) is 49.4 Å². The molecule has 0 radical (unpaired) electrons. The van der Waals surface area contributed by atoms with Crippen LogP contribution < -0.4 is 0 Å². The van der Waals surface area contributed by atoms with E-state index in [9.17, 15) is 13.6 Å². The summed E-state index contributed by atoms with van der Waals surface area (Å²) in [6, 6.07) is 10.9. The van der Waals surface area contributed by atoms with E-state index in [1.807, 2.05) is 6.07 Å². The van der Waals surface area contributed by atoms with Crippen molar-refractivity contribution in [2.45, 2.75) is 6.92 Å². The molecule has 0 unspecified atom stereocenters. The first-order chi connectivity index (χ1) is 12.9. The summed E-state index contributed by atoms with van der Waals surface area (Å²) in [5.41, 5.74) is 1.07. The van der Waals surface area contributed by atoms with E-state index < -0.39 is 17.6 Å². The maximum atomic E-state index is 13.9. The fourth-order valence-corrected chi connectivity index (χ4v) is 2.68. The molecule has 3 aromatic rings. The molecule has 0 spiro atoms. The molecule has 0 aliphatic carbocycles. The van der Waals surface area contributed by atoms with Crippen LogP contribution in [-0.4, -0.2) is 22.4 Å². The summed E-state index contributed by atoms with van der Waals surface area (Å²) in [5.74, 6) is -1.90. The Hall–Kier alpha value is -3.24. The highest BCUT2D eigenvalue weighted by atomic mass is 35.5. The van der Waals surface area contributed by atoms with Crippen molar-refractivity contribution >= 4 is 17.6 Å². The minimum atomic E-state index is -0.664. The van der Waals surface area contributed by atoms with E-state index in [1.54, 1.807) is 6.92 Å². The number of carbonyl (C=O) groups excluding carboxylic acids is 1. The maximum Gasteiger partial charge on any atom is 0.358 e. The molecule has 0 saturated carbocycles. The maximum absolute atomic E-state index is 13.9. The van der Waals surface area contributed by atoms with Crippen LogP contribution in [0.5, 0.6) is 0 Å². The van der Waals surface area contributed by atoms with Crippen molar-refractivity contribution in [3.05, 3.63) is 70.4 Å². The van der Waals surface area contributed by atoms with Crippen molar-refractivity contribution < 1.29 is 18.3 Å². The van der Waals surface area contributed by atoms with Crippen LogP contribution in [0.2, 0.25) is 5.02 Å². The second kappa shape index (κ2) is 7.56. The molecule has 0 aliphatic rings. The van der Waals surface area contributed by atoms with Gasteiger partial charge in [-0.25, -0.2) is 18.3 Å². The number of ether oxygens (including phenoxy) is 1. The number of rotatable bonds is 4. The summed E-state index contributed by atoms with van der Waals surface area (Å²) in [7, 11) is 0. The van der Waals surface area contributed by atoms with Crippen LogP contribution in [-0.2, 0) is 4.74 Å². The first kappa shape index (κ1) is 18.5. The molecule has 5 nitrogen and oxygen atoms in total. The number of aromatic nitrogens is 2. The zero-order chi connectivity index (χ0) is 19.6. The first-order valence-corrected chi connectivity index (χ1v) is 8.24. The molecular formula is C19H12ClF2N3O2. The number of hydrogen-bond donors (Lipinski definition) is 0. The van der Waals surface area contributed by atoms with Gasteiger partial charge >= 0.3 is 5.97 Å². The van der Waals surface area contributed by atoms with Crippen molar-refractivity contribution in [1.29, 1.82) is 5.26 Å². The Labute approximate surface area is 158 Å². The molecule has 136 valence electrons. The number of carbonyl (C=O) groups is 1. The zero-order valence-electron chi connectivity index (χ0n) is 14.0. The van der Waals surface area contributed by atoms with Gasteiger partial charge in [0.05, 0.1) is 34.6 Å².